The Morgan fingerprint density at radius 3 is 1.65 bits per heavy atom. The van der Waals surface area contributed by atoms with Crippen molar-refractivity contribution >= 4 is 29.5 Å². The highest BCUT2D eigenvalue weighted by atomic mass is 16.6. The van der Waals surface area contributed by atoms with Gasteiger partial charge in [0.05, 0.1) is 11.1 Å². The van der Waals surface area contributed by atoms with E-state index in [0.29, 0.717) is 5.69 Å². The van der Waals surface area contributed by atoms with Crippen LogP contribution in [0.4, 0.5) is 5.69 Å². The van der Waals surface area contributed by atoms with E-state index < -0.39 is 36.0 Å². The van der Waals surface area contributed by atoms with Gasteiger partial charge in [-0.2, -0.15) is 0 Å². The first kappa shape index (κ1) is 24.2. The standard InChI is InChI=1S/C26H23NO7/c1-2-17-13-15-20(16-14-17)27-23(28)21(33-25(31)18-9-5-3-6-10-18)22(24(29)30)34-26(32)19-11-7-4-8-12-19/h3-16,21-22H,2H2,1H3,(H,27,28)(H,29,30)/t21-,22-/m1/s1. The van der Waals surface area contributed by atoms with Gasteiger partial charge in [-0.1, -0.05) is 55.5 Å². The number of aliphatic carboxylic acids is 1. The fraction of sp³-hybridized carbons (Fsp3) is 0.154. The molecule has 0 aliphatic heterocycles. The van der Waals surface area contributed by atoms with Gasteiger partial charge in [-0.15, -0.1) is 0 Å². The maximum atomic E-state index is 13.1. The molecule has 2 atom stereocenters. The van der Waals surface area contributed by atoms with Crippen molar-refractivity contribution in [3.05, 3.63) is 102 Å². The number of carboxylic acid groups (broad SMARTS) is 1. The zero-order valence-electron chi connectivity index (χ0n) is 18.3. The average molecular weight is 461 g/mol. The van der Waals surface area contributed by atoms with Crippen LogP contribution in [0, 0.1) is 0 Å². The van der Waals surface area contributed by atoms with E-state index in [1.54, 1.807) is 60.7 Å². The number of benzene rings is 3. The molecule has 8 heteroatoms. The zero-order valence-corrected chi connectivity index (χ0v) is 18.3. The smallest absolute Gasteiger partial charge is 0.349 e. The number of carbonyl (C=O) groups is 4. The topological polar surface area (TPSA) is 119 Å². The molecule has 0 bridgehead atoms. The molecule has 2 N–H and O–H groups in total. The lowest BCUT2D eigenvalue weighted by molar-refractivity contribution is -0.157. The van der Waals surface area contributed by atoms with E-state index in [9.17, 15) is 24.3 Å². The molecule has 3 aromatic rings. The Morgan fingerprint density at radius 2 is 1.21 bits per heavy atom. The van der Waals surface area contributed by atoms with E-state index in [1.165, 1.54) is 24.3 Å². The van der Waals surface area contributed by atoms with E-state index in [4.69, 9.17) is 9.47 Å². The summed E-state index contributed by atoms with van der Waals surface area (Å²) in [4.78, 5) is 50.2. The van der Waals surface area contributed by atoms with Gasteiger partial charge < -0.3 is 19.9 Å². The van der Waals surface area contributed by atoms with E-state index in [-0.39, 0.29) is 11.1 Å². The lowest BCUT2D eigenvalue weighted by Crippen LogP contribution is -2.48. The predicted octanol–water partition coefficient (Wildman–Crippen LogP) is 3.72. The van der Waals surface area contributed by atoms with Crippen LogP contribution in [-0.4, -0.2) is 41.1 Å². The van der Waals surface area contributed by atoms with Gasteiger partial charge in [0.25, 0.3) is 5.91 Å². The van der Waals surface area contributed by atoms with Crippen molar-refractivity contribution in [2.75, 3.05) is 5.32 Å². The molecule has 0 radical (unpaired) electrons. The minimum Gasteiger partial charge on any atom is -0.478 e. The number of carbonyl (C=O) groups excluding carboxylic acids is 3. The van der Waals surface area contributed by atoms with Crippen molar-refractivity contribution in [2.45, 2.75) is 25.6 Å². The summed E-state index contributed by atoms with van der Waals surface area (Å²) in [5.74, 6) is -4.52. The Bertz CT molecular complexity index is 1140. The molecule has 34 heavy (non-hydrogen) atoms. The number of nitrogens with one attached hydrogen (secondary N) is 1. The van der Waals surface area contributed by atoms with Crippen molar-refractivity contribution in [1.82, 2.24) is 0 Å². The van der Waals surface area contributed by atoms with Gasteiger partial charge in [-0.25, -0.2) is 14.4 Å². The fourth-order valence-corrected chi connectivity index (χ4v) is 3.05. The van der Waals surface area contributed by atoms with Crippen LogP contribution in [-0.2, 0) is 25.5 Å². The molecule has 0 saturated heterocycles. The molecule has 0 aromatic heterocycles. The highest BCUT2D eigenvalue weighted by Crippen LogP contribution is 2.16. The third-order valence-corrected chi connectivity index (χ3v) is 4.89. The van der Waals surface area contributed by atoms with E-state index >= 15 is 0 Å². The molecule has 1 amide bonds. The van der Waals surface area contributed by atoms with Gasteiger partial charge >= 0.3 is 17.9 Å². The van der Waals surface area contributed by atoms with Crippen LogP contribution >= 0.6 is 0 Å². The molecule has 0 unspecified atom stereocenters. The minimum absolute atomic E-state index is 0.0810. The number of hydrogen-bond donors (Lipinski definition) is 2. The molecule has 0 aliphatic carbocycles. The molecule has 0 saturated carbocycles. The van der Waals surface area contributed by atoms with E-state index in [1.807, 2.05) is 6.92 Å². The SMILES string of the molecule is CCc1ccc(NC(=O)[C@H](OC(=O)c2ccccc2)[C@@H](OC(=O)c2ccccc2)C(=O)O)cc1. The molecule has 8 nitrogen and oxygen atoms in total. The van der Waals surface area contributed by atoms with Gasteiger partial charge in [-0.3, -0.25) is 4.79 Å². The number of carboxylic acids is 1. The summed E-state index contributed by atoms with van der Waals surface area (Å²) < 4.78 is 10.4. The number of ether oxygens (including phenoxy) is 2. The van der Waals surface area contributed by atoms with Crippen molar-refractivity contribution < 1.29 is 33.8 Å². The summed E-state index contributed by atoms with van der Waals surface area (Å²) >= 11 is 0. The fourth-order valence-electron chi connectivity index (χ4n) is 3.05. The van der Waals surface area contributed by atoms with Crippen LogP contribution in [0.2, 0.25) is 0 Å². The second-order valence-electron chi connectivity index (χ2n) is 7.26. The zero-order chi connectivity index (χ0) is 24.5. The Balaban J connectivity index is 1.88. The largest absolute Gasteiger partial charge is 0.478 e. The first-order chi connectivity index (χ1) is 16.4. The van der Waals surface area contributed by atoms with Gasteiger partial charge in [0, 0.05) is 5.69 Å². The van der Waals surface area contributed by atoms with Gasteiger partial charge in [0.2, 0.25) is 12.2 Å². The van der Waals surface area contributed by atoms with Crippen LogP contribution in [0.25, 0.3) is 0 Å². The third-order valence-electron chi connectivity index (χ3n) is 4.89. The number of rotatable bonds is 9. The molecular formula is C26H23NO7. The van der Waals surface area contributed by atoms with Gasteiger partial charge in [0.1, 0.15) is 0 Å². The first-order valence-electron chi connectivity index (χ1n) is 10.5. The van der Waals surface area contributed by atoms with E-state index in [2.05, 4.69) is 5.32 Å². The molecule has 0 heterocycles. The van der Waals surface area contributed by atoms with Crippen molar-refractivity contribution in [2.24, 2.45) is 0 Å². The lowest BCUT2D eigenvalue weighted by Gasteiger charge is -2.23. The highest BCUT2D eigenvalue weighted by molar-refractivity contribution is 6.01. The monoisotopic (exact) mass is 461 g/mol. The molecule has 0 spiro atoms. The van der Waals surface area contributed by atoms with Gasteiger partial charge in [0.15, 0.2) is 0 Å². The number of hydrogen-bond acceptors (Lipinski definition) is 6. The summed E-state index contributed by atoms with van der Waals surface area (Å²) in [6.45, 7) is 1.98. The summed E-state index contributed by atoms with van der Waals surface area (Å²) in [6, 6.07) is 22.3. The average Bonchev–Trinajstić information content (AvgIpc) is 2.87. The van der Waals surface area contributed by atoms with Crippen molar-refractivity contribution in [1.29, 1.82) is 0 Å². The van der Waals surface area contributed by atoms with Crippen molar-refractivity contribution in [3.63, 3.8) is 0 Å². The highest BCUT2D eigenvalue weighted by Gasteiger charge is 2.41. The Kier molecular flexibility index (Phi) is 8.12. The molecule has 174 valence electrons. The van der Waals surface area contributed by atoms with Gasteiger partial charge in [-0.05, 0) is 48.4 Å². The normalized spacial score (nSPS) is 12.1. The maximum Gasteiger partial charge on any atom is 0.349 e. The quantitative estimate of drug-likeness (QED) is 0.466. The Labute approximate surface area is 196 Å². The van der Waals surface area contributed by atoms with E-state index in [0.717, 1.165) is 12.0 Å². The van der Waals surface area contributed by atoms with Crippen LogP contribution in [0.1, 0.15) is 33.2 Å². The summed E-state index contributed by atoms with van der Waals surface area (Å²) in [7, 11) is 0. The molecule has 0 fully saturated rings. The Hall–Kier alpha value is -4.46. The number of amides is 1. The number of aryl methyl sites for hydroxylation is 1. The molecule has 3 aromatic carbocycles. The predicted molar refractivity (Wildman–Crippen MR) is 123 cm³/mol. The van der Waals surface area contributed by atoms with Crippen LogP contribution in [0.15, 0.2) is 84.9 Å². The molecule has 0 aliphatic rings. The summed E-state index contributed by atoms with van der Waals surface area (Å²) in [5.41, 5.74) is 1.58. The molecular weight excluding hydrogens is 438 g/mol. The lowest BCUT2D eigenvalue weighted by atomic mass is 10.1. The second-order valence-corrected chi connectivity index (χ2v) is 7.26. The number of esters is 2. The summed E-state index contributed by atoms with van der Waals surface area (Å²) in [5, 5.41) is 12.3. The Morgan fingerprint density at radius 1 is 0.735 bits per heavy atom. The minimum atomic E-state index is -2.09. The van der Waals surface area contributed by atoms with Crippen LogP contribution < -0.4 is 5.32 Å². The second kappa shape index (κ2) is 11.4. The number of anilines is 1. The van der Waals surface area contributed by atoms with Crippen LogP contribution in [0.3, 0.4) is 0 Å². The van der Waals surface area contributed by atoms with Crippen molar-refractivity contribution in [3.8, 4) is 0 Å². The first-order valence-corrected chi connectivity index (χ1v) is 10.5. The summed E-state index contributed by atoms with van der Waals surface area (Å²) in [6.07, 6.45) is -3.25. The molecule has 3 rings (SSSR count). The third kappa shape index (κ3) is 6.29. The maximum absolute atomic E-state index is 13.1. The van der Waals surface area contributed by atoms with Crippen LogP contribution in [0.5, 0.6) is 0 Å².